The number of hydrogen-bond donors (Lipinski definition) is 2. The first-order valence-corrected chi connectivity index (χ1v) is 7.68. The number of carboxylic acids is 1. The van der Waals surface area contributed by atoms with Gasteiger partial charge in [-0.1, -0.05) is 12.1 Å². The van der Waals surface area contributed by atoms with Gasteiger partial charge in [-0.25, -0.2) is 0 Å². The number of carboxylic acid groups (broad SMARTS) is 1. The number of nitrogens with one attached hydrogen (secondary N) is 1. The molecule has 2 rings (SSSR count). The molecule has 0 aromatic heterocycles. The zero-order chi connectivity index (χ0) is 17.1. The molecule has 0 spiro atoms. The summed E-state index contributed by atoms with van der Waals surface area (Å²) in [5.41, 5.74) is 2.96. The number of nitrogens with zero attached hydrogens (tertiary/aromatic N) is 1. The molecule has 0 radical (unpaired) electrons. The van der Waals surface area contributed by atoms with Crippen LogP contribution in [0.4, 0.5) is 5.69 Å². The van der Waals surface area contributed by atoms with Gasteiger partial charge in [0, 0.05) is 24.7 Å². The van der Waals surface area contributed by atoms with Crippen molar-refractivity contribution >= 4 is 23.5 Å². The fourth-order valence-electron chi connectivity index (χ4n) is 2.82. The van der Waals surface area contributed by atoms with E-state index < -0.39 is 17.9 Å². The van der Waals surface area contributed by atoms with Gasteiger partial charge >= 0.3 is 5.97 Å². The molecule has 0 aliphatic carbocycles. The average molecular weight is 318 g/mol. The lowest BCUT2D eigenvalue weighted by Crippen LogP contribution is -2.39. The third kappa shape index (κ3) is 3.88. The summed E-state index contributed by atoms with van der Waals surface area (Å²) in [7, 11) is 0. The molecule has 1 aromatic rings. The molecule has 1 aromatic carbocycles. The van der Waals surface area contributed by atoms with Gasteiger partial charge < -0.3 is 15.3 Å². The topological polar surface area (TPSA) is 86.7 Å². The first kappa shape index (κ1) is 17.0. The molecule has 2 atom stereocenters. The van der Waals surface area contributed by atoms with Crippen LogP contribution in [0.3, 0.4) is 0 Å². The largest absolute Gasteiger partial charge is 0.481 e. The van der Waals surface area contributed by atoms with Crippen molar-refractivity contribution in [3.05, 3.63) is 29.3 Å². The number of aryl methyl sites for hydroxylation is 1. The predicted molar refractivity (Wildman–Crippen MR) is 86.2 cm³/mol. The van der Waals surface area contributed by atoms with Crippen molar-refractivity contribution in [1.82, 2.24) is 5.32 Å². The second-order valence-corrected chi connectivity index (χ2v) is 6.13. The molecule has 0 saturated carbocycles. The maximum absolute atomic E-state index is 12.3. The van der Waals surface area contributed by atoms with Crippen molar-refractivity contribution in [3.8, 4) is 0 Å². The molecule has 6 heteroatoms. The summed E-state index contributed by atoms with van der Waals surface area (Å²) in [6.45, 7) is 5.91. The Morgan fingerprint density at radius 3 is 2.74 bits per heavy atom. The normalized spacial score (nSPS) is 18.8. The lowest BCUT2D eigenvalue weighted by atomic mass is 10.1. The van der Waals surface area contributed by atoms with E-state index in [2.05, 4.69) is 5.32 Å². The van der Waals surface area contributed by atoms with Crippen LogP contribution in [0.15, 0.2) is 18.2 Å². The van der Waals surface area contributed by atoms with Gasteiger partial charge in [0.25, 0.3) is 0 Å². The highest BCUT2D eigenvalue weighted by molar-refractivity contribution is 6.01. The first-order chi connectivity index (χ1) is 10.8. The minimum absolute atomic E-state index is 0.0789. The molecule has 23 heavy (non-hydrogen) atoms. The third-order valence-electron chi connectivity index (χ3n) is 4.23. The number of aliphatic carboxylic acids is 1. The number of hydrogen-bond acceptors (Lipinski definition) is 3. The molecule has 124 valence electrons. The summed E-state index contributed by atoms with van der Waals surface area (Å²) in [4.78, 5) is 36.8. The molecule has 6 nitrogen and oxygen atoms in total. The molecule has 1 heterocycles. The predicted octanol–water partition coefficient (Wildman–Crippen LogP) is 1.64. The molecule has 1 aliphatic heterocycles. The Morgan fingerprint density at radius 2 is 2.09 bits per heavy atom. The van der Waals surface area contributed by atoms with Crippen LogP contribution in [0.1, 0.15) is 30.9 Å². The van der Waals surface area contributed by atoms with Gasteiger partial charge in [-0.15, -0.1) is 0 Å². The Hall–Kier alpha value is -2.37. The van der Waals surface area contributed by atoms with Crippen LogP contribution in [0.25, 0.3) is 0 Å². The van der Waals surface area contributed by atoms with Gasteiger partial charge in [0.15, 0.2) is 0 Å². The highest BCUT2D eigenvalue weighted by atomic mass is 16.4. The van der Waals surface area contributed by atoms with Crippen LogP contribution in [0.5, 0.6) is 0 Å². The first-order valence-electron chi connectivity index (χ1n) is 7.68. The fourth-order valence-corrected chi connectivity index (χ4v) is 2.82. The minimum atomic E-state index is -0.961. The van der Waals surface area contributed by atoms with E-state index in [1.807, 2.05) is 32.0 Å². The highest BCUT2D eigenvalue weighted by Crippen LogP contribution is 2.29. The van der Waals surface area contributed by atoms with E-state index in [0.717, 1.165) is 16.8 Å². The smallest absolute Gasteiger partial charge is 0.305 e. The van der Waals surface area contributed by atoms with E-state index in [1.165, 1.54) is 0 Å². The summed E-state index contributed by atoms with van der Waals surface area (Å²) < 4.78 is 0. The number of anilines is 1. The Bertz CT molecular complexity index is 641. The molecular formula is C17H22N2O4. The van der Waals surface area contributed by atoms with E-state index in [1.54, 1.807) is 11.8 Å². The number of carbonyl (C=O) groups excluding carboxylic acids is 2. The summed E-state index contributed by atoms with van der Waals surface area (Å²) in [6.07, 6.45) is 0.0200. The van der Waals surface area contributed by atoms with Crippen molar-refractivity contribution in [3.63, 3.8) is 0 Å². The zero-order valence-corrected chi connectivity index (χ0v) is 13.6. The van der Waals surface area contributed by atoms with Crippen LogP contribution < -0.4 is 10.2 Å². The molecule has 2 N–H and O–H groups in total. The van der Waals surface area contributed by atoms with Crippen LogP contribution >= 0.6 is 0 Å². The molecule has 1 aliphatic rings. The maximum Gasteiger partial charge on any atom is 0.305 e. The Morgan fingerprint density at radius 1 is 1.39 bits per heavy atom. The second-order valence-electron chi connectivity index (χ2n) is 6.13. The third-order valence-corrected chi connectivity index (χ3v) is 4.23. The molecule has 1 saturated heterocycles. The van der Waals surface area contributed by atoms with E-state index in [-0.39, 0.29) is 24.7 Å². The molecule has 0 unspecified atom stereocenters. The average Bonchev–Trinajstić information content (AvgIpc) is 2.83. The summed E-state index contributed by atoms with van der Waals surface area (Å²) in [5, 5.41) is 11.4. The van der Waals surface area contributed by atoms with E-state index in [4.69, 9.17) is 5.11 Å². The van der Waals surface area contributed by atoms with E-state index >= 15 is 0 Å². The highest BCUT2D eigenvalue weighted by Gasteiger charge is 2.36. The fraction of sp³-hybridized carbons (Fsp3) is 0.471. The monoisotopic (exact) mass is 318 g/mol. The number of benzene rings is 1. The SMILES string of the molecule is Cc1cccc(N2C[C@H](C(=O)N[C@@H](C)CC(=O)O)CC2=O)c1C. The summed E-state index contributed by atoms with van der Waals surface area (Å²) in [6, 6.07) is 5.31. The van der Waals surface area contributed by atoms with Crippen molar-refractivity contribution < 1.29 is 19.5 Å². The lowest BCUT2D eigenvalue weighted by molar-refractivity contribution is -0.137. The van der Waals surface area contributed by atoms with Gasteiger partial charge in [-0.2, -0.15) is 0 Å². The Kier molecular flexibility index (Phi) is 5.03. The van der Waals surface area contributed by atoms with Gasteiger partial charge in [0.2, 0.25) is 11.8 Å². The van der Waals surface area contributed by atoms with Crippen LogP contribution in [-0.2, 0) is 14.4 Å². The van der Waals surface area contributed by atoms with Gasteiger partial charge in [0.05, 0.1) is 12.3 Å². The van der Waals surface area contributed by atoms with E-state index in [0.29, 0.717) is 6.54 Å². The van der Waals surface area contributed by atoms with Gasteiger partial charge in [0.1, 0.15) is 0 Å². The number of rotatable bonds is 5. The van der Waals surface area contributed by atoms with Crippen molar-refractivity contribution in [2.24, 2.45) is 5.92 Å². The zero-order valence-electron chi connectivity index (χ0n) is 13.6. The minimum Gasteiger partial charge on any atom is -0.481 e. The quantitative estimate of drug-likeness (QED) is 0.864. The van der Waals surface area contributed by atoms with Crippen molar-refractivity contribution in [1.29, 1.82) is 0 Å². The Labute approximate surface area is 135 Å². The van der Waals surface area contributed by atoms with Crippen LogP contribution in [-0.4, -0.2) is 35.5 Å². The van der Waals surface area contributed by atoms with Crippen LogP contribution in [0.2, 0.25) is 0 Å². The second kappa shape index (κ2) is 6.81. The molecule has 1 fully saturated rings. The lowest BCUT2D eigenvalue weighted by Gasteiger charge is -2.20. The number of carbonyl (C=O) groups is 3. The number of amides is 2. The summed E-state index contributed by atoms with van der Waals surface area (Å²) >= 11 is 0. The summed E-state index contributed by atoms with van der Waals surface area (Å²) in [5.74, 6) is -1.75. The van der Waals surface area contributed by atoms with E-state index in [9.17, 15) is 14.4 Å². The Balaban J connectivity index is 2.06. The van der Waals surface area contributed by atoms with Crippen molar-refractivity contribution in [2.75, 3.05) is 11.4 Å². The maximum atomic E-state index is 12.3. The molecular weight excluding hydrogens is 296 g/mol. The molecule has 2 amide bonds. The van der Waals surface area contributed by atoms with Crippen molar-refractivity contribution in [2.45, 2.75) is 39.7 Å². The van der Waals surface area contributed by atoms with Gasteiger partial charge in [-0.3, -0.25) is 14.4 Å². The standard InChI is InChI=1S/C17H22N2O4/c1-10-5-4-6-14(12(10)3)19-9-13(8-15(19)20)17(23)18-11(2)7-16(21)22/h4-6,11,13H,7-9H2,1-3H3,(H,18,23)(H,21,22)/t11-,13+/m0/s1. The molecule has 0 bridgehead atoms. The van der Waals surface area contributed by atoms with Crippen LogP contribution in [0, 0.1) is 19.8 Å². The van der Waals surface area contributed by atoms with Gasteiger partial charge in [-0.05, 0) is 38.0 Å².